The molecule has 14 heavy (non-hydrogen) atoms. The molecule has 0 heterocycles. The molecule has 0 aromatic rings. The summed E-state index contributed by atoms with van der Waals surface area (Å²) in [5.74, 6) is 6.05. The zero-order valence-electron chi connectivity index (χ0n) is 10.1. The Kier molecular flexibility index (Phi) is 6.95. The molecular weight excluding hydrogens is 188 g/mol. The van der Waals surface area contributed by atoms with Gasteiger partial charge in [-0.2, -0.15) is 0 Å². The van der Waals surface area contributed by atoms with E-state index >= 15 is 0 Å². The molecule has 0 rings (SSSR count). The highest BCUT2D eigenvalue weighted by atomic mass is 28.3. The molecular formula is C12H24OSi. The van der Waals surface area contributed by atoms with E-state index in [2.05, 4.69) is 38.4 Å². The van der Waals surface area contributed by atoms with Gasteiger partial charge in [-0.05, 0) is 6.42 Å². The molecule has 0 radical (unpaired) electrons. The van der Waals surface area contributed by atoms with Crippen LogP contribution in [0, 0.1) is 11.8 Å². The summed E-state index contributed by atoms with van der Waals surface area (Å²) in [4.78, 5) is 0. The number of aliphatic hydroxyl groups is 1. The summed E-state index contributed by atoms with van der Waals surface area (Å²) >= 11 is 0. The lowest BCUT2D eigenvalue weighted by molar-refractivity contribution is 0.299. The molecule has 0 aliphatic rings. The molecule has 82 valence electrons. The molecule has 0 amide bonds. The summed E-state index contributed by atoms with van der Waals surface area (Å²) in [6, 6.07) is 0. The molecule has 1 nitrogen and oxygen atoms in total. The smallest absolute Gasteiger partial charge is 0.102 e. The summed E-state index contributed by atoms with van der Waals surface area (Å²) in [7, 11) is -1.45. The zero-order valence-corrected chi connectivity index (χ0v) is 11.1. The molecule has 1 atom stereocenters. The van der Waals surface area contributed by atoms with E-state index in [1.165, 1.54) is 25.7 Å². The molecule has 0 unspecified atom stereocenters. The molecule has 0 aromatic carbocycles. The van der Waals surface area contributed by atoms with E-state index in [9.17, 15) is 5.11 Å². The Labute approximate surface area is 89.9 Å². The molecule has 2 heteroatoms. The van der Waals surface area contributed by atoms with Gasteiger partial charge >= 0.3 is 0 Å². The van der Waals surface area contributed by atoms with Crippen LogP contribution in [0.25, 0.3) is 0 Å². The van der Waals surface area contributed by atoms with Crippen LogP contribution < -0.4 is 0 Å². The molecule has 0 saturated carbocycles. The molecule has 0 bridgehead atoms. The first-order chi connectivity index (χ1) is 6.48. The Bertz CT molecular complexity index is 195. The van der Waals surface area contributed by atoms with Gasteiger partial charge in [-0.3, -0.25) is 0 Å². The Hall–Kier alpha value is -0.263. The highest BCUT2D eigenvalue weighted by Crippen LogP contribution is 2.06. The van der Waals surface area contributed by atoms with Crippen molar-refractivity contribution >= 4 is 8.07 Å². The van der Waals surface area contributed by atoms with Crippen molar-refractivity contribution in [3.63, 3.8) is 0 Å². The average molecular weight is 212 g/mol. The van der Waals surface area contributed by atoms with Crippen molar-refractivity contribution in [2.45, 2.75) is 64.4 Å². The number of hydrogen-bond donors (Lipinski definition) is 1. The highest BCUT2D eigenvalue weighted by Gasteiger charge is 2.22. The summed E-state index contributed by atoms with van der Waals surface area (Å²) in [5, 5.41) is 9.68. The molecule has 0 aliphatic heterocycles. The first-order valence-corrected chi connectivity index (χ1v) is 9.22. The van der Waals surface area contributed by atoms with Crippen LogP contribution in [-0.2, 0) is 0 Å². The standard InChI is InChI=1S/C12H24OSi/c1-5-6-7-8-9-10-11-12(13)14(2,3)4/h12-13H,5-9H2,1-4H3/t12-/m0/s1. The minimum Gasteiger partial charge on any atom is -0.384 e. The van der Waals surface area contributed by atoms with E-state index < -0.39 is 8.07 Å². The van der Waals surface area contributed by atoms with Crippen molar-refractivity contribution < 1.29 is 5.11 Å². The summed E-state index contributed by atoms with van der Waals surface area (Å²) in [6.07, 6.45) is 5.97. The monoisotopic (exact) mass is 212 g/mol. The molecule has 0 saturated heterocycles. The summed E-state index contributed by atoms with van der Waals surface area (Å²) < 4.78 is 0. The van der Waals surface area contributed by atoms with Gasteiger partial charge in [0.05, 0.1) is 8.07 Å². The minimum atomic E-state index is -1.45. The van der Waals surface area contributed by atoms with E-state index in [1.54, 1.807) is 0 Å². The fourth-order valence-corrected chi connectivity index (χ4v) is 1.56. The van der Waals surface area contributed by atoms with E-state index in [0.29, 0.717) is 0 Å². The van der Waals surface area contributed by atoms with Crippen LogP contribution in [0.15, 0.2) is 0 Å². The van der Waals surface area contributed by atoms with Crippen molar-refractivity contribution in [1.82, 2.24) is 0 Å². The first kappa shape index (κ1) is 13.7. The van der Waals surface area contributed by atoms with Gasteiger partial charge in [-0.1, -0.05) is 51.7 Å². The fraction of sp³-hybridized carbons (Fsp3) is 0.833. The van der Waals surface area contributed by atoms with Crippen LogP contribution in [0.2, 0.25) is 19.6 Å². The second-order valence-corrected chi connectivity index (χ2v) is 10.2. The quantitative estimate of drug-likeness (QED) is 0.421. The third kappa shape index (κ3) is 7.17. The largest absolute Gasteiger partial charge is 0.384 e. The van der Waals surface area contributed by atoms with Crippen molar-refractivity contribution in [2.75, 3.05) is 0 Å². The van der Waals surface area contributed by atoms with Crippen molar-refractivity contribution in [3.8, 4) is 11.8 Å². The van der Waals surface area contributed by atoms with Crippen molar-refractivity contribution in [2.24, 2.45) is 0 Å². The third-order valence-corrected chi connectivity index (χ3v) is 4.00. The Morgan fingerprint density at radius 2 is 1.79 bits per heavy atom. The lowest BCUT2D eigenvalue weighted by Crippen LogP contribution is -2.36. The number of hydrogen-bond acceptors (Lipinski definition) is 1. The predicted octanol–water partition coefficient (Wildman–Crippen LogP) is 3.20. The van der Waals surface area contributed by atoms with Crippen molar-refractivity contribution in [3.05, 3.63) is 0 Å². The average Bonchev–Trinajstić information content (AvgIpc) is 2.09. The zero-order chi connectivity index (χ0) is 11.0. The van der Waals surface area contributed by atoms with E-state index in [1.807, 2.05) is 0 Å². The lowest BCUT2D eigenvalue weighted by atomic mass is 10.2. The van der Waals surface area contributed by atoms with Crippen LogP contribution in [0.3, 0.4) is 0 Å². The second-order valence-electron chi connectivity index (χ2n) is 4.90. The SMILES string of the molecule is CCCCCCC#C[C@@H](O)[Si](C)(C)C. The van der Waals surface area contributed by atoms with Gasteiger partial charge in [-0.15, -0.1) is 5.92 Å². The number of unbranched alkanes of at least 4 members (excludes halogenated alkanes) is 4. The van der Waals surface area contributed by atoms with E-state index in [-0.39, 0.29) is 5.73 Å². The maximum atomic E-state index is 9.68. The van der Waals surface area contributed by atoms with Gasteiger partial charge < -0.3 is 5.11 Å². The Balaban J connectivity index is 3.62. The topological polar surface area (TPSA) is 20.2 Å². The highest BCUT2D eigenvalue weighted by molar-refractivity contribution is 6.77. The Morgan fingerprint density at radius 3 is 2.29 bits per heavy atom. The van der Waals surface area contributed by atoms with Gasteiger partial charge in [0.1, 0.15) is 5.73 Å². The normalized spacial score (nSPS) is 13.2. The third-order valence-electron chi connectivity index (χ3n) is 2.21. The lowest BCUT2D eigenvalue weighted by Gasteiger charge is -2.17. The van der Waals surface area contributed by atoms with E-state index in [0.717, 1.165) is 6.42 Å². The first-order valence-electron chi connectivity index (χ1n) is 5.65. The fourth-order valence-electron chi connectivity index (χ4n) is 1.03. The molecule has 1 N–H and O–H groups in total. The van der Waals surface area contributed by atoms with Crippen LogP contribution in [0.1, 0.15) is 39.0 Å². The predicted molar refractivity (Wildman–Crippen MR) is 65.9 cm³/mol. The van der Waals surface area contributed by atoms with Gasteiger partial charge in [0.25, 0.3) is 0 Å². The van der Waals surface area contributed by atoms with Crippen LogP contribution in [-0.4, -0.2) is 18.9 Å². The van der Waals surface area contributed by atoms with Crippen LogP contribution >= 0.6 is 0 Å². The van der Waals surface area contributed by atoms with Gasteiger partial charge in [0, 0.05) is 6.42 Å². The maximum Gasteiger partial charge on any atom is 0.102 e. The number of aliphatic hydroxyl groups excluding tert-OH is 1. The molecule has 0 spiro atoms. The number of rotatable bonds is 5. The maximum absolute atomic E-state index is 9.68. The molecule has 0 aromatic heterocycles. The Morgan fingerprint density at radius 1 is 1.14 bits per heavy atom. The molecule has 0 aliphatic carbocycles. The summed E-state index contributed by atoms with van der Waals surface area (Å²) in [5.41, 5.74) is -0.353. The van der Waals surface area contributed by atoms with E-state index in [4.69, 9.17) is 0 Å². The van der Waals surface area contributed by atoms with Gasteiger partial charge in [0.15, 0.2) is 0 Å². The van der Waals surface area contributed by atoms with Crippen molar-refractivity contribution in [1.29, 1.82) is 0 Å². The van der Waals surface area contributed by atoms with Crippen LogP contribution in [0.4, 0.5) is 0 Å². The minimum absolute atomic E-state index is 0.353. The second kappa shape index (κ2) is 7.08. The van der Waals surface area contributed by atoms with Gasteiger partial charge in [0.2, 0.25) is 0 Å². The van der Waals surface area contributed by atoms with Gasteiger partial charge in [-0.25, -0.2) is 0 Å². The summed E-state index contributed by atoms with van der Waals surface area (Å²) in [6.45, 7) is 8.64. The molecule has 0 fully saturated rings. The van der Waals surface area contributed by atoms with Crippen LogP contribution in [0.5, 0.6) is 0 Å².